The standard InChI is InChI=1S/C12H22O2/c1-8(2)10-6-5-9(3)12(4,7-13)11(10)14/h9,11,13-14H,5-7H2,1-4H3/t9-,11+,12-/m1/s1. The summed E-state index contributed by atoms with van der Waals surface area (Å²) >= 11 is 0. The van der Waals surface area contributed by atoms with E-state index in [1.54, 1.807) is 0 Å². The predicted molar refractivity (Wildman–Crippen MR) is 58.0 cm³/mol. The third-order valence-corrected chi connectivity index (χ3v) is 3.91. The molecule has 0 saturated heterocycles. The van der Waals surface area contributed by atoms with Crippen molar-refractivity contribution in [3.63, 3.8) is 0 Å². The van der Waals surface area contributed by atoms with Gasteiger partial charge in [0.1, 0.15) is 0 Å². The monoisotopic (exact) mass is 198 g/mol. The van der Waals surface area contributed by atoms with Gasteiger partial charge >= 0.3 is 0 Å². The van der Waals surface area contributed by atoms with Gasteiger partial charge in [-0.25, -0.2) is 0 Å². The minimum absolute atomic E-state index is 0.0616. The average molecular weight is 198 g/mol. The van der Waals surface area contributed by atoms with Gasteiger partial charge in [-0.3, -0.25) is 0 Å². The van der Waals surface area contributed by atoms with E-state index in [1.807, 2.05) is 20.8 Å². The van der Waals surface area contributed by atoms with E-state index >= 15 is 0 Å². The molecule has 0 unspecified atom stereocenters. The second kappa shape index (κ2) is 4.03. The van der Waals surface area contributed by atoms with Crippen molar-refractivity contribution in [2.24, 2.45) is 11.3 Å². The summed E-state index contributed by atoms with van der Waals surface area (Å²) in [5.41, 5.74) is 1.97. The highest BCUT2D eigenvalue weighted by Crippen LogP contribution is 2.43. The van der Waals surface area contributed by atoms with Crippen molar-refractivity contribution in [3.8, 4) is 0 Å². The van der Waals surface area contributed by atoms with E-state index in [2.05, 4.69) is 6.92 Å². The van der Waals surface area contributed by atoms with Crippen LogP contribution in [0.1, 0.15) is 40.5 Å². The maximum absolute atomic E-state index is 10.2. The molecule has 3 atom stereocenters. The van der Waals surface area contributed by atoms with Gasteiger partial charge in [-0.1, -0.05) is 19.4 Å². The minimum atomic E-state index is -0.471. The Hall–Kier alpha value is -0.340. The van der Waals surface area contributed by atoms with Crippen molar-refractivity contribution in [1.82, 2.24) is 0 Å². The van der Waals surface area contributed by atoms with Crippen molar-refractivity contribution < 1.29 is 10.2 Å². The summed E-state index contributed by atoms with van der Waals surface area (Å²) in [6, 6.07) is 0. The summed E-state index contributed by atoms with van der Waals surface area (Å²) in [4.78, 5) is 0. The van der Waals surface area contributed by atoms with Gasteiger partial charge in [-0.15, -0.1) is 0 Å². The molecule has 0 aromatic heterocycles. The lowest BCUT2D eigenvalue weighted by Crippen LogP contribution is -2.45. The van der Waals surface area contributed by atoms with Crippen LogP contribution in [0, 0.1) is 11.3 Å². The normalized spacial score (nSPS) is 38.6. The first-order chi connectivity index (χ1) is 6.43. The Morgan fingerprint density at radius 1 is 1.50 bits per heavy atom. The number of hydrogen-bond acceptors (Lipinski definition) is 2. The fraction of sp³-hybridized carbons (Fsp3) is 0.833. The van der Waals surface area contributed by atoms with Gasteiger partial charge in [0.25, 0.3) is 0 Å². The van der Waals surface area contributed by atoms with Crippen LogP contribution in [0.3, 0.4) is 0 Å². The highest BCUT2D eigenvalue weighted by atomic mass is 16.3. The second-order valence-electron chi connectivity index (χ2n) is 5.03. The summed E-state index contributed by atoms with van der Waals surface area (Å²) in [6.45, 7) is 8.22. The molecule has 1 rings (SSSR count). The average Bonchev–Trinajstić information content (AvgIpc) is 2.14. The Morgan fingerprint density at radius 3 is 2.50 bits per heavy atom. The van der Waals surface area contributed by atoms with Crippen LogP contribution in [-0.2, 0) is 0 Å². The summed E-state index contributed by atoms with van der Waals surface area (Å²) < 4.78 is 0. The van der Waals surface area contributed by atoms with Gasteiger partial charge in [0, 0.05) is 5.41 Å². The third kappa shape index (κ3) is 1.73. The van der Waals surface area contributed by atoms with E-state index in [-0.39, 0.29) is 12.0 Å². The van der Waals surface area contributed by atoms with E-state index < -0.39 is 6.10 Å². The van der Waals surface area contributed by atoms with Crippen LogP contribution >= 0.6 is 0 Å². The maximum atomic E-state index is 10.2. The predicted octanol–water partition coefficient (Wildman–Crippen LogP) is 2.11. The number of aliphatic hydroxyl groups is 2. The molecule has 14 heavy (non-hydrogen) atoms. The van der Waals surface area contributed by atoms with Crippen LogP contribution in [0.2, 0.25) is 0 Å². The molecule has 0 aromatic rings. The molecule has 0 amide bonds. The maximum Gasteiger partial charge on any atom is 0.0830 e. The fourth-order valence-electron chi connectivity index (χ4n) is 2.27. The van der Waals surface area contributed by atoms with Crippen LogP contribution in [0.5, 0.6) is 0 Å². The Morgan fingerprint density at radius 2 is 2.07 bits per heavy atom. The van der Waals surface area contributed by atoms with Crippen LogP contribution < -0.4 is 0 Å². The van der Waals surface area contributed by atoms with Crippen molar-refractivity contribution in [1.29, 1.82) is 0 Å². The molecule has 82 valence electrons. The number of aliphatic hydroxyl groups excluding tert-OH is 2. The molecular weight excluding hydrogens is 176 g/mol. The first-order valence-corrected chi connectivity index (χ1v) is 5.38. The first-order valence-electron chi connectivity index (χ1n) is 5.38. The van der Waals surface area contributed by atoms with E-state index in [1.165, 1.54) is 5.57 Å². The van der Waals surface area contributed by atoms with Gasteiger partial charge in [0.2, 0.25) is 0 Å². The molecule has 0 heterocycles. The van der Waals surface area contributed by atoms with E-state index in [0.717, 1.165) is 18.4 Å². The topological polar surface area (TPSA) is 40.5 Å². The van der Waals surface area contributed by atoms with E-state index in [9.17, 15) is 10.2 Å². The molecule has 1 aliphatic rings. The zero-order valence-corrected chi connectivity index (χ0v) is 9.67. The molecule has 1 fully saturated rings. The Kier molecular flexibility index (Phi) is 3.38. The van der Waals surface area contributed by atoms with Crippen molar-refractivity contribution in [3.05, 3.63) is 11.1 Å². The Bertz CT molecular complexity index is 241. The first kappa shape index (κ1) is 11.7. The van der Waals surface area contributed by atoms with Crippen LogP contribution in [0.15, 0.2) is 11.1 Å². The zero-order valence-electron chi connectivity index (χ0n) is 9.67. The minimum Gasteiger partial charge on any atom is -0.396 e. The van der Waals surface area contributed by atoms with Gasteiger partial charge in [-0.05, 0) is 38.2 Å². The van der Waals surface area contributed by atoms with Crippen LogP contribution in [-0.4, -0.2) is 22.9 Å². The molecule has 2 nitrogen and oxygen atoms in total. The summed E-state index contributed by atoms with van der Waals surface area (Å²) in [5, 5.41) is 19.6. The molecule has 0 aromatic carbocycles. The van der Waals surface area contributed by atoms with Gasteiger partial charge in [0.05, 0.1) is 12.7 Å². The molecule has 0 bridgehead atoms. The number of allylic oxidation sites excluding steroid dienone is 1. The number of rotatable bonds is 1. The van der Waals surface area contributed by atoms with Gasteiger partial charge < -0.3 is 10.2 Å². The lowest BCUT2D eigenvalue weighted by Gasteiger charge is -2.44. The van der Waals surface area contributed by atoms with E-state index in [4.69, 9.17) is 0 Å². The Labute approximate surface area is 86.6 Å². The molecule has 0 aliphatic heterocycles. The lowest BCUT2D eigenvalue weighted by atomic mass is 9.64. The highest BCUT2D eigenvalue weighted by molar-refractivity contribution is 5.21. The largest absolute Gasteiger partial charge is 0.396 e. The molecule has 0 spiro atoms. The number of hydrogen-bond donors (Lipinski definition) is 2. The van der Waals surface area contributed by atoms with Gasteiger partial charge in [-0.2, -0.15) is 0 Å². The van der Waals surface area contributed by atoms with Gasteiger partial charge in [0.15, 0.2) is 0 Å². The highest BCUT2D eigenvalue weighted by Gasteiger charge is 2.43. The summed E-state index contributed by atoms with van der Waals surface area (Å²) in [6.07, 6.45) is 1.57. The van der Waals surface area contributed by atoms with Crippen molar-refractivity contribution >= 4 is 0 Å². The molecule has 0 radical (unpaired) electrons. The molecule has 2 N–H and O–H groups in total. The zero-order chi connectivity index (χ0) is 10.9. The second-order valence-corrected chi connectivity index (χ2v) is 5.03. The SMILES string of the molecule is CC(C)=C1CC[C@@H](C)[C@@](C)(CO)[C@H]1O. The summed E-state index contributed by atoms with van der Waals surface area (Å²) in [5.74, 6) is 0.380. The molecular formula is C12H22O2. The summed E-state index contributed by atoms with van der Waals surface area (Å²) in [7, 11) is 0. The van der Waals surface area contributed by atoms with Crippen molar-refractivity contribution in [2.45, 2.75) is 46.6 Å². The van der Waals surface area contributed by atoms with Crippen LogP contribution in [0.25, 0.3) is 0 Å². The fourth-order valence-corrected chi connectivity index (χ4v) is 2.27. The van der Waals surface area contributed by atoms with E-state index in [0.29, 0.717) is 5.92 Å². The molecule has 1 aliphatic carbocycles. The lowest BCUT2D eigenvalue weighted by molar-refractivity contribution is -0.0406. The smallest absolute Gasteiger partial charge is 0.0830 e. The third-order valence-electron chi connectivity index (χ3n) is 3.91. The van der Waals surface area contributed by atoms with Crippen LogP contribution in [0.4, 0.5) is 0 Å². The Balaban J connectivity index is 3.00. The quantitative estimate of drug-likeness (QED) is 0.634. The van der Waals surface area contributed by atoms with Crippen molar-refractivity contribution in [2.75, 3.05) is 6.61 Å². The molecule has 1 saturated carbocycles. The molecule has 2 heteroatoms.